The highest BCUT2D eigenvalue weighted by molar-refractivity contribution is 7.80. The van der Waals surface area contributed by atoms with Crippen molar-refractivity contribution < 1.29 is 14.6 Å². The minimum Gasteiger partial charge on any atom is -0.491 e. The summed E-state index contributed by atoms with van der Waals surface area (Å²) in [4.78, 5) is 18.5. The van der Waals surface area contributed by atoms with Gasteiger partial charge in [0.05, 0.1) is 18.4 Å². The lowest BCUT2D eigenvalue weighted by atomic mass is 9.73. The number of nitrogens with zero attached hydrogens (tertiary/aromatic N) is 2. The maximum atomic E-state index is 12.3. The molecule has 0 saturated heterocycles. The number of aliphatic hydroxyl groups is 1. The summed E-state index contributed by atoms with van der Waals surface area (Å²) in [6.45, 7) is 2.52. The molecule has 1 fully saturated rings. The zero-order valence-electron chi connectivity index (χ0n) is 12.8. The quantitative estimate of drug-likeness (QED) is 0.814. The van der Waals surface area contributed by atoms with E-state index < -0.39 is 5.60 Å². The highest BCUT2D eigenvalue weighted by Gasteiger charge is 2.47. The highest BCUT2D eigenvalue weighted by Crippen LogP contribution is 2.42. The van der Waals surface area contributed by atoms with E-state index in [2.05, 4.69) is 17.6 Å². The molecule has 120 valence electrons. The fourth-order valence-corrected chi connectivity index (χ4v) is 3.36. The third kappa shape index (κ3) is 2.82. The van der Waals surface area contributed by atoms with Crippen LogP contribution in [0, 0.1) is 0 Å². The lowest BCUT2D eigenvalue weighted by Crippen LogP contribution is -2.58. The number of anilines is 1. The molecule has 0 atom stereocenters. The fourth-order valence-electron chi connectivity index (χ4n) is 3.27. The summed E-state index contributed by atoms with van der Waals surface area (Å²) in [5.41, 5.74) is 0.432. The van der Waals surface area contributed by atoms with Gasteiger partial charge in [0.25, 0.3) is 0 Å². The number of hydrogen-bond acceptors (Lipinski definition) is 5. The van der Waals surface area contributed by atoms with Crippen LogP contribution in [0.2, 0.25) is 0 Å². The smallest absolute Gasteiger partial charge is 0.228 e. The number of carbonyl (C=O) groups is 1. The molecule has 1 aliphatic heterocycles. The second kappa shape index (κ2) is 6.08. The van der Waals surface area contributed by atoms with Crippen LogP contribution >= 0.6 is 12.6 Å². The van der Waals surface area contributed by atoms with Gasteiger partial charge in [0.2, 0.25) is 5.91 Å². The first-order valence-electron chi connectivity index (χ1n) is 7.83. The van der Waals surface area contributed by atoms with Crippen molar-refractivity contribution in [3.8, 4) is 5.75 Å². The van der Waals surface area contributed by atoms with Gasteiger partial charge in [-0.15, -0.1) is 0 Å². The zero-order chi connectivity index (χ0) is 15.7. The molecule has 6 heteroatoms. The average Bonchev–Trinajstić information content (AvgIpc) is 2.50. The summed E-state index contributed by atoms with van der Waals surface area (Å²) in [6, 6.07) is 2.03. The molecular formula is C16H22N2O3S. The second-order valence-electron chi connectivity index (χ2n) is 6.13. The molecule has 1 aromatic heterocycles. The van der Waals surface area contributed by atoms with Crippen molar-refractivity contribution >= 4 is 24.4 Å². The first-order chi connectivity index (χ1) is 10.6. The molecule has 3 rings (SSSR count). The Bertz CT molecular complexity index is 573. The monoisotopic (exact) mass is 322 g/mol. The summed E-state index contributed by atoms with van der Waals surface area (Å²) < 4.78 is 5.55. The summed E-state index contributed by atoms with van der Waals surface area (Å²) in [5, 5.41) is 10.2. The van der Waals surface area contributed by atoms with Gasteiger partial charge in [-0.3, -0.25) is 9.69 Å². The first kappa shape index (κ1) is 15.6. The largest absolute Gasteiger partial charge is 0.491 e. The number of aromatic nitrogens is 1. The summed E-state index contributed by atoms with van der Waals surface area (Å²) in [7, 11) is 0. The third-order valence-electron chi connectivity index (χ3n) is 4.64. The van der Waals surface area contributed by atoms with Crippen LogP contribution in [0.1, 0.15) is 38.2 Å². The fraction of sp³-hybridized carbons (Fsp3) is 0.625. The Hall–Kier alpha value is -1.27. The van der Waals surface area contributed by atoms with Gasteiger partial charge in [-0.1, -0.05) is 6.92 Å². The van der Waals surface area contributed by atoms with Crippen molar-refractivity contribution in [1.29, 1.82) is 0 Å². The zero-order valence-corrected chi connectivity index (χ0v) is 13.7. The van der Waals surface area contributed by atoms with Crippen molar-refractivity contribution in [2.45, 2.75) is 50.7 Å². The Morgan fingerprint density at radius 1 is 1.50 bits per heavy atom. The molecule has 2 heterocycles. The number of fused-ring (bicyclic) bond motifs is 1. The van der Waals surface area contributed by atoms with Gasteiger partial charge in [-0.05, 0) is 37.3 Å². The lowest BCUT2D eigenvalue weighted by molar-refractivity contribution is -0.122. The normalized spacial score (nSPS) is 27.3. The summed E-state index contributed by atoms with van der Waals surface area (Å²) in [5.74, 6) is 2.21. The van der Waals surface area contributed by atoms with E-state index in [0.29, 0.717) is 38.0 Å². The molecule has 0 aromatic carbocycles. The molecular weight excluding hydrogens is 300 g/mol. The number of carbonyl (C=O) groups excluding carboxylic acids is 1. The average molecular weight is 322 g/mol. The van der Waals surface area contributed by atoms with Gasteiger partial charge >= 0.3 is 0 Å². The third-order valence-corrected chi connectivity index (χ3v) is 4.82. The predicted molar refractivity (Wildman–Crippen MR) is 87.7 cm³/mol. The second-order valence-corrected chi connectivity index (χ2v) is 6.58. The molecule has 5 nitrogen and oxygen atoms in total. The molecule has 1 amide bonds. The van der Waals surface area contributed by atoms with Crippen LogP contribution in [-0.2, 0) is 11.2 Å². The molecule has 1 aliphatic carbocycles. The van der Waals surface area contributed by atoms with Crippen molar-refractivity contribution in [2.24, 2.45) is 0 Å². The Kier molecular flexibility index (Phi) is 4.32. The van der Waals surface area contributed by atoms with E-state index in [0.717, 1.165) is 23.6 Å². The molecule has 0 radical (unpaired) electrons. The van der Waals surface area contributed by atoms with Gasteiger partial charge in [-0.25, -0.2) is 4.98 Å². The number of ether oxygens (including phenoxy) is 1. The van der Waals surface area contributed by atoms with Crippen molar-refractivity contribution in [3.05, 3.63) is 17.8 Å². The highest BCUT2D eigenvalue weighted by atomic mass is 32.1. The van der Waals surface area contributed by atoms with Crippen molar-refractivity contribution in [1.82, 2.24) is 4.98 Å². The lowest BCUT2D eigenvalue weighted by Gasteiger charge is -2.49. The molecule has 1 aromatic rings. The maximum absolute atomic E-state index is 12.3. The molecule has 0 unspecified atom stereocenters. The van der Waals surface area contributed by atoms with Crippen molar-refractivity contribution in [2.75, 3.05) is 17.3 Å². The van der Waals surface area contributed by atoms with Crippen LogP contribution in [0.15, 0.2) is 12.3 Å². The number of amides is 1. The molecule has 0 bridgehead atoms. The minimum absolute atomic E-state index is 0.0632. The van der Waals surface area contributed by atoms with E-state index in [1.165, 1.54) is 0 Å². The van der Waals surface area contributed by atoms with E-state index in [-0.39, 0.29) is 11.9 Å². The van der Waals surface area contributed by atoms with Gasteiger partial charge in [0, 0.05) is 18.2 Å². The van der Waals surface area contributed by atoms with Crippen LogP contribution in [0.4, 0.5) is 5.82 Å². The topological polar surface area (TPSA) is 62.7 Å². The van der Waals surface area contributed by atoms with E-state index in [1.54, 1.807) is 11.1 Å². The summed E-state index contributed by atoms with van der Waals surface area (Å²) in [6.07, 6.45) is 4.84. The number of pyridine rings is 1. The van der Waals surface area contributed by atoms with Crippen molar-refractivity contribution in [3.63, 3.8) is 0 Å². The van der Waals surface area contributed by atoms with Gasteiger partial charge in [0.1, 0.15) is 11.6 Å². The van der Waals surface area contributed by atoms with Crippen LogP contribution in [0.3, 0.4) is 0 Å². The Balaban J connectivity index is 1.80. The predicted octanol–water partition coefficient (Wildman–Crippen LogP) is 1.97. The number of aryl methyl sites for hydroxylation is 1. The SMILES string of the molecule is CCC1(O)CC(N2C(=O)CCc3cc(OCCS)cnc32)C1. The van der Waals surface area contributed by atoms with E-state index in [1.807, 2.05) is 13.0 Å². The first-order valence-corrected chi connectivity index (χ1v) is 8.46. The van der Waals surface area contributed by atoms with Gasteiger partial charge < -0.3 is 9.84 Å². The molecule has 0 spiro atoms. The Labute approximate surface area is 136 Å². The van der Waals surface area contributed by atoms with E-state index >= 15 is 0 Å². The number of hydrogen-bond donors (Lipinski definition) is 2. The van der Waals surface area contributed by atoms with Crippen LogP contribution in [0.5, 0.6) is 5.75 Å². The van der Waals surface area contributed by atoms with Crippen LogP contribution in [0.25, 0.3) is 0 Å². The van der Waals surface area contributed by atoms with Gasteiger partial charge in [0.15, 0.2) is 0 Å². The number of thiol groups is 1. The standard InChI is InChI=1S/C16H22N2O3S/c1-2-16(20)8-12(9-16)18-14(19)4-3-11-7-13(21-5-6-22)10-17-15(11)18/h7,10,12,20,22H,2-6,8-9H2,1H3. The summed E-state index contributed by atoms with van der Waals surface area (Å²) >= 11 is 4.13. The van der Waals surface area contributed by atoms with Crippen LogP contribution in [-0.4, -0.2) is 40.0 Å². The molecule has 1 saturated carbocycles. The minimum atomic E-state index is -0.613. The molecule has 22 heavy (non-hydrogen) atoms. The van der Waals surface area contributed by atoms with E-state index in [4.69, 9.17) is 4.74 Å². The van der Waals surface area contributed by atoms with Gasteiger partial charge in [-0.2, -0.15) is 12.6 Å². The Morgan fingerprint density at radius 3 is 2.95 bits per heavy atom. The molecule has 2 aliphatic rings. The van der Waals surface area contributed by atoms with Crippen LogP contribution < -0.4 is 9.64 Å². The Morgan fingerprint density at radius 2 is 2.27 bits per heavy atom. The molecule has 1 N–H and O–H groups in total. The maximum Gasteiger partial charge on any atom is 0.228 e. The van der Waals surface area contributed by atoms with E-state index in [9.17, 15) is 9.90 Å². The number of rotatable bonds is 5.